The predicted octanol–water partition coefficient (Wildman–Crippen LogP) is 2.82. The third kappa shape index (κ3) is 3.09. The van der Waals surface area contributed by atoms with Crippen LogP contribution in [-0.2, 0) is 6.54 Å². The zero-order valence-corrected chi connectivity index (χ0v) is 15.2. The van der Waals surface area contributed by atoms with Gasteiger partial charge in [0.05, 0.1) is 12.6 Å². The Morgan fingerprint density at radius 3 is 2.58 bits per heavy atom. The predicted molar refractivity (Wildman–Crippen MR) is 102 cm³/mol. The summed E-state index contributed by atoms with van der Waals surface area (Å²) in [4.78, 5) is 2.34. The normalized spacial score (nSPS) is 17.6. The van der Waals surface area contributed by atoms with Gasteiger partial charge in [-0.05, 0) is 24.3 Å². The van der Waals surface area contributed by atoms with E-state index < -0.39 is 0 Å². The van der Waals surface area contributed by atoms with Gasteiger partial charge in [-0.15, -0.1) is 0 Å². The molecule has 0 radical (unpaired) electrons. The molecule has 5 heteroatoms. The Labute approximate surface area is 150 Å². The molecule has 0 aliphatic carbocycles. The zero-order valence-electron chi connectivity index (χ0n) is 13.6. The fourth-order valence-corrected chi connectivity index (χ4v) is 4.04. The number of halogens is 1. The Hall–Kier alpha value is -1.40. The highest BCUT2D eigenvalue weighted by Crippen LogP contribution is 2.31. The van der Waals surface area contributed by atoms with Crippen LogP contribution in [0.4, 0.5) is 0 Å². The largest absolute Gasteiger partial charge is 0.390 e. The molecule has 0 saturated carbocycles. The van der Waals surface area contributed by atoms with Gasteiger partial charge >= 0.3 is 0 Å². The highest BCUT2D eigenvalue weighted by Gasteiger charge is 2.17. The molecule has 0 unspecified atom stereocenters. The topological polar surface area (TPSA) is 40.4 Å². The summed E-state index contributed by atoms with van der Waals surface area (Å²) in [6.45, 7) is 5.39. The molecule has 1 saturated heterocycles. The van der Waals surface area contributed by atoms with E-state index in [0.717, 1.165) is 37.2 Å². The molecule has 1 aliphatic heterocycles. The second-order valence-electron chi connectivity index (χ2n) is 6.49. The van der Waals surface area contributed by atoms with E-state index >= 15 is 0 Å². The van der Waals surface area contributed by atoms with E-state index in [1.165, 1.54) is 21.8 Å². The van der Waals surface area contributed by atoms with Crippen molar-refractivity contribution in [3.05, 3.63) is 46.9 Å². The summed E-state index contributed by atoms with van der Waals surface area (Å²) in [5.74, 6) is 0. The van der Waals surface area contributed by atoms with E-state index in [0.29, 0.717) is 6.54 Å². The minimum atomic E-state index is -0.370. The van der Waals surface area contributed by atoms with Gasteiger partial charge in [0.25, 0.3) is 0 Å². The van der Waals surface area contributed by atoms with Gasteiger partial charge in [0.2, 0.25) is 0 Å². The smallest absolute Gasteiger partial charge is 0.0845 e. The van der Waals surface area contributed by atoms with Crippen LogP contribution >= 0.6 is 15.9 Å². The first-order valence-corrected chi connectivity index (χ1v) is 9.29. The molecule has 3 aromatic rings. The van der Waals surface area contributed by atoms with Gasteiger partial charge in [0.15, 0.2) is 0 Å². The number of benzene rings is 2. The van der Waals surface area contributed by atoms with E-state index in [1.807, 2.05) is 0 Å². The number of hydrogen-bond donors (Lipinski definition) is 2. The maximum Gasteiger partial charge on any atom is 0.0845 e. The minimum absolute atomic E-state index is 0.370. The van der Waals surface area contributed by atoms with Crippen molar-refractivity contribution in [2.75, 3.05) is 32.7 Å². The Kier molecular flexibility index (Phi) is 4.59. The molecule has 24 heavy (non-hydrogen) atoms. The highest BCUT2D eigenvalue weighted by atomic mass is 79.9. The van der Waals surface area contributed by atoms with Crippen LogP contribution < -0.4 is 5.32 Å². The van der Waals surface area contributed by atoms with Crippen molar-refractivity contribution in [2.45, 2.75) is 12.6 Å². The Morgan fingerprint density at radius 1 is 1.00 bits per heavy atom. The summed E-state index contributed by atoms with van der Waals surface area (Å²) >= 11 is 3.57. The number of nitrogens with one attached hydrogen (secondary N) is 1. The molecule has 2 N–H and O–H groups in total. The van der Waals surface area contributed by atoms with Crippen LogP contribution in [0.2, 0.25) is 0 Å². The second kappa shape index (κ2) is 6.84. The van der Waals surface area contributed by atoms with Crippen molar-refractivity contribution in [1.82, 2.24) is 14.8 Å². The van der Waals surface area contributed by atoms with Crippen LogP contribution in [0.15, 0.2) is 46.9 Å². The van der Waals surface area contributed by atoms with Crippen molar-refractivity contribution in [1.29, 1.82) is 0 Å². The number of β-amino-alcohol motifs (C(OH)–C–C–N with tert-alkyl or cyclic N) is 1. The fraction of sp³-hybridized carbons (Fsp3) is 0.368. The average molecular weight is 388 g/mol. The lowest BCUT2D eigenvalue weighted by molar-refractivity contribution is 0.0936. The molecule has 0 spiro atoms. The van der Waals surface area contributed by atoms with Crippen LogP contribution in [0.3, 0.4) is 0 Å². The Morgan fingerprint density at radius 2 is 1.75 bits per heavy atom. The third-order valence-corrected chi connectivity index (χ3v) is 5.30. The number of para-hydroxylation sites is 1. The third-order valence-electron chi connectivity index (χ3n) is 4.81. The molecule has 126 valence electrons. The fourth-order valence-electron chi connectivity index (χ4n) is 3.68. The first-order chi connectivity index (χ1) is 11.7. The number of aliphatic hydroxyl groups is 1. The van der Waals surface area contributed by atoms with E-state index in [-0.39, 0.29) is 6.10 Å². The van der Waals surface area contributed by atoms with Crippen molar-refractivity contribution in [3.8, 4) is 0 Å². The SMILES string of the molecule is O[C@H](CN1CCNCC1)Cn1c2ccccc2c2cc(Br)ccc21. The number of aromatic nitrogens is 1. The summed E-state index contributed by atoms with van der Waals surface area (Å²) < 4.78 is 3.34. The first kappa shape index (κ1) is 16.1. The van der Waals surface area contributed by atoms with Gasteiger partial charge in [-0.3, -0.25) is 4.90 Å². The molecule has 0 bridgehead atoms. The first-order valence-electron chi connectivity index (χ1n) is 8.50. The maximum absolute atomic E-state index is 10.7. The average Bonchev–Trinajstić information content (AvgIpc) is 2.89. The van der Waals surface area contributed by atoms with Crippen LogP contribution in [0.5, 0.6) is 0 Å². The highest BCUT2D eigenvalue weighted by molar-refractivity contribution is 9.10. The van der Waals surface area contributed by atoms with Gasteiger partial charge < -0.3 is 15.0 Å². The molecule has 4 nitrogen and oxygen atoms in total. The van der Waals surface area contributed by atoms with Crippen molar-refractivity contribution in [3.63, 3.8) is 0 Å². The van der Waals surface area contributed by atoms with Crippen LogP contribution in [0.25, 0.3) is 21.8 Å². The maximum atomic E-state index is 10.7. The summed E-state index contributed by atoms with van der Waals surface area (Å²) in [5, 5.41) is 16.5. The number of fused-ring (bicyclic) bond motifs is 3. The van der Waals surface area contributed by atoms with Gasteiger partial charge in [-0.25, -0.2) is 0 Å². The molecule has 1 aromatic heterocycles. The summed E-state index contributed by atoms with van der Waals surface area (Å²) in [7, 11) is 0. The molecule has 2 aromatic carbocycles. The van der Waals surface area contributed by atoms with Crippen molar-refractivity contribution >= 4 is 37.7 Å². The molecule has 4 rings (SSSR count). The van der Waals surface area contributed by atoms with E-state index in [1.54, 1.807) is 0 Å². The van der Waals surface area contributed by atoms with Crippen LogP contribution in [0, 0.1) is 0 Å². The van der Waals surface area contributed by atoms with E-state index in [4.69, 9.17) is 0 Å². The summed E-state index contributed by atoms with van der Waals surface area (Å²) in [6, 6.07) is 14.8. The van der Waals surface area contributed by atoms with Gasteiger partial charge in [0, 0.05) is 59.0 Å². The lowest BCUT2D eigenvalue weighted by Crippen LogP contribution is -2.46. The van der Waals surface area contributed by atoms with Gasteiger partial charge in [-0.2, -0.15) is 0 Å². The summed E-state index contributed by atoms with van der Waals surface area (Å²) in [5.41, 5.74) is 2.36. The zero-order chi connectivity index (χ0) is 16.5. The molecular formula is C19H22BrN3O. The van der Waals surface area contributed by atoms with Crippen LogP contribution in [-0.4, -0.2) is 53.4 Å². The lowest BCUT2D eigenvalue weighted by Gasteiger charge is -2.29. The molecule has 1 atom stereocenters. The van der Waals surface area contributed by atoms with Crippen LogP contribution in [0.1, 0.15) is 0 Å². The monoisotopic (exact) mass is 387 g/mol. The molecule has 2 heterocycles. The van der Waals surface area contributed by atoms with Gasteiger partial charge in [-0.1, -0.05) is 34.1 Å². The number of aliphatic hydroxyl groups excluding tert-OH is 1. The summed E-state index contributed by atoms with van der Waals surface area (Å²) in [6.07, 6.45) is -0.370. The molecular weight excluding hydrogens is 366 g/mol. The molecule has 1 aliphatic rings. The van der Waals surface area contributed by atoms with Gasteiger partial charge in [0.1, 0.15) is 0 Å². The molecule has 1 fully saturated rings. The number of rotatable bonds is 4. The number of nitrogens with zero attached hydrogens (tertiary/aromatic N) is 2. The molecule has 0 amide bonds. The van der Waals surface area contributed by atoms with Crippen molar-refractivity contribution in [2.24, 2.45) is 0 Å². The minimum Gasteiger partial charge on any atom is -0.390 e. The lowest BCUT2D eigenvalue weighted by atomic mass is 10.2. The number of piperazine rings is 1. The second-order valence-corrected chi connectivity index (χ2v) is 7.41. The van der Waals surface area contributed by atoms with E-state index in [2.05, 4.69) is 73.2 Å². The quantitative estimate of drug-likeness (QED) is 0.722. The number of hydrogen-bond acceptors (Lipinski definition) is 3. The standard InChI is InChI=1S/C19H22BrN3O/c20-14-5-6-19-17(11-14)16-3-1-2-4-18(16)23(19)13-15(24)12-22-9-7-21-8-10-22/h1-6,11,15,21,24H,7-10,12-13H2/t15-/m1/s1. The Bertz CT molecular complexity index is 854. The van der Waals surface area contributed by atoms with E-state index in [9.17, 15) is 5.11 Å². The Balaban J connectivity index is 1.67. The van der Waals surface area contributed by atoms with Crippen molar-refractivity contribution < 1.29 is 5.11 Å².